The minimum atomic E-state index is -0.0157. The van der Waals surface area contributed by atoms with Gasteiger partial charge in [-0.05, 0) is 86.9 Å². The van der Waals surface area contributed by atoms with Crippen LogP contribution in [0.2, 0.25) is 0 Å². The van der Waals surface area contributed by atoms with Gasteiger partial charge in [0.1, 0.15) is 0 Å². The third kappa shape index (κ3) is 2.21. The Morgan fingerprint density at radius 1 is 0.917 bits per heavy atom. The second-order valence-corrected chi connectivity index (χ2v) is 9.95. The van der Waals surface area contributed by atoms with Crippen LogP contribution in [-0.2, 0) is 4.74 Å². The van der Waals surface area contributed by atoms with E-state index in [2.05, 4.69) is 13.8 Å². The fraction of sp³-hybridized carbons (Fsp3) is 1.00. The molecule has 5 rings (SSSR count). The van der Waals surface area contributed by atoms with Crippen LogP contribution in [0.5, 0.6) is 0 Å². The number of aliphatic hydroxyl groups excluding tert-OH is 1. The summed E-state index contributed by atoms with van der Waals surface area (Å²) in [5.74, 6) is 3.54. The van der Waals surface area contributed by atoms with Gasteiger partial charge in [-0.3, -0.25) is 0 Å². The highest BCUT2D eigenvalue weighted by molar-refractivity contribution is 5.17. The van der Waals surface area contributed by atoms with Crippen molar-refractivity contribution in [2.75, 3.05) is 6.61 Å². The van der Waals surface area contributed by atoms with Gasteiger partial charge in [0, 0.05) is 5.41 Å². The molecule has 4 aliphatic carbocycles. The molecule has 0 aromatic rings. The second-order valence-electron chi connectivity index (χ2n) is 9.95. The van der Waals surface area contributed by atoms with Crippen LogP contribution in [0.25, 0.3) is 0 Å². The van der Waals surface area contributed by atoms with Crippen LogP contribution < -0.4 is 0 Å². The van der Waals surface area contributed by atoms with E-state index in [9.17, 15) is 5.11 Å². The molecular weight excluding hydrogens is 296 g/mol. The molecule has 1 aliphatic heterocycles. The highest BCUT2D eigenvalue weighted by Crippen LogP contribution is 2.70. The van der Waals surface area contributed by atoms with Crippen molar-refractivity contribution in [3.63, 3.8) is 0 Å². The van der Waals surface area contributed by atoms with E-state index in [1.807, 2.05) is 13.8 Å². The minimum absolute atomic E-state index is 0.0157. The van der Waals surface area contributed by atoms with Crippen molar-refractivity contribution in [3.8, 4) is 0 Å². The maximum absolute atomic E-state index is 10.1. The molecule has 0 radical (unpaired) electrons. The van der Waals surface area contributed by atoms with Crippen LogP contribution in [0.4, 0.5) is 0 Å². The monoisotopic (exact) mass is 334 g/mol. The summed E-state index contributed by atoms with van der Waals surface area (Å²) < 4.78 is 6.02. The number of aliphatic hydroxyl groups is 1. The first-order chi connectivity index (χ1) is 11.5. The molecule has 5 fully saturated rings. The molecule has 1 spiro atoms. The molecule has 1 N–H and O–H groups in total. The molecule has 2 nitrogen and oxygen atoms in total. The van der Waals surface area contributed by atoms with Gasteiger partial charge < -0.3 is 9.84 Å². The first-order valence-corrected chi connectivity index (χ1v) is 10.8. The van der Waals surface area contributed by atoms with Crippen molar-refractivity contribution in [1.29, 1.82) is 0 Å². The average molecular weight is 335 g/mol. The van der Waals surface area contributed by atoms with E-state index in [1.54, 1.807) is 0 Å². The maximum Gasteiger partial charge on any atom is 0.0972 e. The van der Waals surface area contributed by atoms with Crippen molar-refractivity contribution < 1.29 is 9.84 Å². The highest BCUT2D eigenvalue weighted by Gasteiger charge is 2.69. The molecule has 8 atom stereocenters. The molecule has 0 unspecified atom stereocenters. The van der Waals surface area contributed by atoms with E-state index in [0.717, 1.165) is 43.1 Å². The van der Waals surface area contributed by atoms with Crippen molar-refractivity contribution in [1.82, 2.24) is 0 Å². The molecule has 2 heteroatoms. The fourth-order valence-electron chi connectivity index (χ4n) is 7.72. The first kappa shape index (κ1) is 17.3. The summed E-state index contributed by atoms with van der Waals surface area (Å²) in [6.45, 7) is 10.2. The predicted molar refractivity (Wildman–Crippen MR) is 97.8 cm³/mol. The van der Waals surface area contributed by atoms with E-state index >= 15 is 0 Å². The van der Waals surface area contributed by atoms with Gasteiger partial charge in [0.2, 0.25) is 0 Å². The van der Waals surface area contributed by atoms with Gasteiger partial charge in [-0.1, -0.05) is 27.7 Å². The molecule has 24 heavy (non-hydrogen) atoms. The lowest BCUT2D eigenvalue weighted by Gasteiger charge is -2.60. The van der Waals surface area contributed by atoms with Gasteiger partial charge in [0.05, 0.1) is 18.3 Å². The van der Waals surface area contributed by atoms with Crippen molar-refractivity contribution in [3.05, 3.63) is 0 Å². The van der Waals surface area contributed by atoms with Gasteiger partial charge in [-0.15, -0.1) is 0 Å². The largest absolute Gasteiger partial charge is 0.393 e. The number of hydrogen-bond acceptors (Lipinski definition) is 2. The van der Waals surface area contributed by atoms with Crippen LogP contribution in [0.1, 0.15) is 85.5 Å². The number of rotatable bonds is 0. The van der Waals surface area contributed by atoms with Crippen molar-refractivity contribution in [2.24, 2.45) is 34.5 Å². The van der Waals surface area contributed by atoms with Crippen LogP contribution in [0.15, 0.2) is 0 Å². The Hall–Kier alpha value is -0.0800. The second kappa shape index (κ2) is 5.71. The fourth-order valence-corrected chi connectivity index (χ4v) is 7.72. The molecule has 1 heterocycles. The Kier molecular flexibility index (Phi) is 4.12. The summed E-state index contributed by atoms with van der Waals surface area (Å²) in [7, 11) is 0. The normalized spacial score (nSPS) is 58.1. The molecule has 138 valence electrons. The molecule has 0 aromatic carbocycles. The van der Waals surface area contributed by atoms with Gasteiger partial charge in [-0.25, -0.2) is 0 Å². The zero-order valence-corrected chi connectivity index (χ0v) is 16.3. The molecule has 4 saturated carbocycles. The highest BCUT2D eigenvalue weighted by atomic mass is 16.6. The van der Waals surface area contributed by atoms with Crippen LogP contribution >= 0.6 is 0 Å². The Morgan fingerprint density at radius 3 is 2.38 bits per heavy atom. The third-order valence-corrected chi connectivity index (χ3v) is 9.36. The van der Waals surface area contributed by atoms with Crippen molar-refractivity contribution >= 4 is 0 Å². The Morgan fingerprint density at radius 2 is 1.67 bits per heavy atom. The first-order valence-electron chi connectivity index (χ1n) is 10.8. The average Bonchev–Trinajstić information content (AvgIpc) is 3.32. The number of ether oxygens (including phenoxy) is 1. The summed E-state index contributed by atoms with van der Waals surface area (Å²) in [4.78, 5) is 0. The lowest BCUT2D eigenvalue weighted by Crippen LogP contribution is -2.54. The van der Waals surface area contributed by atoms with E-state index in [0.29, 0.717) is 16.4 Å². The zero-order valence-electron chi connectivity index (χ0n) is 16.3. The zero-order chi connectivity index (χ0) is 17.2. The van der Waals surface area contributed by atoms with Crippen LogP contribution in [0, 0.1) is 34.5 Å². The van der Waals surface area contributed by atoms with Crippen LogP contribution in [-0.4, -0.2) is 23.4 Å². The molecule has 5 aliphatic rings. The predicted octanol–water partition coefficient (Wildman–Crippen LogP) is 5.19. The van der Waals surface area contributed by atoms with E-state index < -0.39 is 0 Å². The Labute approximate surface area is 148 Å². The Balaban J connectivity index is 0.000000704. The lowest BCUT2D eigenvalue weighted by atomic mass is 9.45. The van der Waals surface area contributed by atoms with Gasteiger partial charge in [-0.2, -0.15) is 0 Å². The molecule has 0 aromatic heterocycles. The molecule has 1 saturated heterocycles. The third-order valence-electron chi connectivity index (χ3n) is 9.36. The van der Waals surface area contributed by atoms with Gasteiger partial charge in [0.15, 0.2) is 0 Å². The number of fused-ring (bicyclic) bond motifs is 5. The summed E-state index contributed by atoms with van der Waals surface area (Å²) in [5.41, 5.74) is 1.29. The summed E-state index contributed by atoms with van der Waals surface area (Å²) in [6.07, 6.45) is 11.8. The van der Waals surface area contributed by atoms with E-state index in [1.165, 1.54) is 44.9 Å². The van der Waals surface area contributed by atoms with Gasteiger partial charge in [0.25, 0.3) is 0 Å². The molecule has 0 bridgehead atoms. The number of epoxide rings is 1. The number of hydrogen-bond donors (Lipinski definition) is 1. The minimum Gasteiger partial charge on any atom is -0.393 e. The quantitative estimate of drug-likeness (QED) is 0.619. The van der Waals surface area contributed by atoms with E-state index in [4.69, 9.17) is 4.74 Å². The summed E-state index contributed by atoms with van der Waals surface area (Å²) in [6, 6.07) is 0. The van der Waals surface area contributed by atoms with E-state index in [-0.39, 0.29) is 6.10 Å². The maximum atomic E-state index is 10.1. The van der Waals surface area contributed by atoms with Crippen molar-refractivity contribution in [2.45, 2.75) is 97.2 Å². The molecular formula is C22H38O2. The van der Waals surface area contributed by atoms with Crippen LogP contribution in [0.3, 0.4) is 0 Å². The smallest absolute Gasteiger partial charge is 0.0972 e. The Bertz CT molecular complexity index is 484. The standard InChI is InChI=1S/C20H32O2.C2H6/c1-18-7-6-16(21)9-14(18)4-3-13-11-19(2)15(10-17(13)18)5-8-20(19)12-22-20;1-2/h13-17,21H,3-12H2,1-2H3;1-2H3/t13-,14-,15+,16+,17-,18-,19+,20-;/m1./s1. The van der Waals surface area contributed by atoms with Gasteiger partial charge >= 0.3 is 0 Å². The summed E-state index contributed by atoms with van der Waals surface area (Å²) in [5, 5.41) is 10.1. The molecule has 0 amide bonds. The SMILES string of the molecule is CC.C[C@@]12CC[C@H](O)C[C@H]1CC[C@@H]1C[C@@]3(C)[C@@H](CC[C@@]34CO4)C[C@H]12. The topological polar surface area (TPSA) is 32.8 Å². The summed E-state index contributed by atoms with van der Waals surface area (Å²) >= 11 is 0. The lowest BCUT2D eigenvalue weighted by molar-refractivity contribution is -0.121.